The van der Waals surface area contributed by atoms with Gasteiger partial charge in [0.2, 0.25) is 5.91 Å². The average Bonchev–Trinajstić information content (AvgIpc) is 2.64. The van der Waals surface area contributed by atoms with Crippen LogP contribution in [0.25, 0.3) is 0 Å². The van der Waals surface area contributed by atoms with Crippen molar-refractivity contribution in [2.75, 3.05) is 25.6 Å². The lowest BCUT2D eigenvalue weighted by Crippen LogP contribution is -2.54. The number of carbonyl (C=O) groups is 1. The van der Waals surface area contributed by atoms with Gasteiger partial charge in [0.1, 0.15) is 11.3 Å². The Hall–Kier alpha value is -1.73. The molecule has 1 aliphatic rings. The second-order valence-electron chi connectivity index (χ2n) is 6.02. The van der Waals surface area contributed by atoms with E-state index < -0.39 is 5.54 Å². The van der Waals surface area contributed by atoms with E-state index in [1.54, 1.807) is 18.9 Å². The van der Waals surface area contributed by atoms with E-state index in [0.717, 1.165) is 21.2 Å². The highest BCUT2D eigenvalue weighted by Gasteiger charge is 2.35. The molecule has 0 aliphatic carbocycles. The monoisotopic (exact) mass is 394 g/mol. The van der Waals surface area contributed by atoms with Gasteiger partial charge in [-0.3, -0.25) is 4.79 Å². The van der Waals surface area contributed by atoms with Crippen molar-refractivity contribution in [3.8, 4) is 5.75 Å². The molecule has 1 amide bonds. The molecule has 2 aromatic carbocycles. The number of benzene rings is 2. The van der Waals surface area contributed by atoms with Gasteiger partial charge in [0.05, 0.1) is 7.11 Å². The van der Waals surface area contributed by atoms with Crippen LogP contribution in [0.2, 0.25) is 0 Å². The van der Waals surface area contributed by atoms with Crippen LogP contribution in [-0.4, -0.2) is 31.8 Å². The summed E-state index contributed by atoms with van der Waals surface area (Å²) in [5.74, 6) is 0.692. The molecule has 0 bridgehead atoms. The summed E-state index contributed by atoms with van der Waals surface area (Å²) < 4.78 is 10.4. The molecule has 0 atom stereocenters. The smallest absolute Gasteiger partial charge is 0.244 e. The number of methoxy groups -OCH3 is 1. The van der Waals surface area contributed by atoms with Gasteiger partial charge in [-0.15, -0.1) is 12.4 Å². The molecule has 1 fully saturated rings. The van der Waals surface area contributed by atoms with Crippen LogP contribution in [-0.2, 0) is 9.53 Å². The number of ether oxygens (including phenoxy) is 2. The number of halogens is 1. The topological polar surface area (TPSA) is 73.6 Å². The maximum atomic E-state index is 12.4. The SMILES string of the molecule is COc1ccc(Sc2ccc(NC(=O)C3(N)CCOCC3)cc2)cc1.Cl. The first-order chi connectivity index (χ1) is 12.1. The minimum Gasteiger partial charge on any atom is -0.497 e. The summed E-state index contributed by atoms with van der Waals surface area (Å²) in [4.78, 5) is 14.6. The maximum Gasteiger partial charge on any atom is 0.244 e. The van der Waals surface area contributed by atoms with Crippen molar-refractivity contribution in [3.63, 3.8) is 0 Å². The van der Waals surface area contributed by atoms with Gasteiger partial charge in [-0.2, -0.15) is 0 Å². The number of nitrogens with one attached hydrogen (secondary N) is 1. The Balaban J connectivity index is 0.00000243. The number of hydrogen-bond acceptors (Lipinski definition) is 5. The highest BCUT2D eigenvalue weighted by molar-refractivity contribution is 7.99. The second-order valence-corrected chi connectivity index (χ2v) is 7.17. The molecule has 5 nitrogen and oxygen atoms in total. The number of amides is 1. The molecular weight excluding hydrogens is 372 g/mol. The van der Waals surface area contributed by atoms with Crippen molar-refractivity contribution in [2.45, 2.75) is 28.2 Å². The molecule has 0 spiro atoms. The number of nitrogens with two attached hydrogens (primary N) is 1. The zero-order valence-corrected chi connectivity index (χ0v) is 16.2. The number of carbonyl (C=O) groups excluding carboxylic acids is 1. The first kappa shape index (κ1) is 20.6. The van der Waals surface area contributed by atoms with Gasteiger partial charge in [-0.05, 0) is 61.4 Å². The normalized spacial score (nSPS) is 15.6. The molecule has 1 saturated heterocycles. The van der Waals surface area contributed by atoms with Crippen LogP contribution in [0.5, 0.6) is 5.75 Å². The van der Waals surface area contributed by atoms with Crippen LogP contribution in [0, 0.1) is 0 Å². The summed E-state index contributed by atoms with van der Waals surface area (Å²) in [7, 11) is 1.65. The zero-order valence-electron chi connectivity index (χ0n) is 14.6. The van der Waals surface area contributed by atoms with E-state index in [9.17, 15) is 4.79 Å². The van der Waals surface area contributed by atoms with Gasteiger partial charge in [0.15, 0.2) is 0 Å². The Bertz CT molecular complexity index is 717. The van der Waals surface area contributed by atoms with Crippen LogP contribution in [0.15, 0.2) is 58.3 Å². The predicted molar refractivity (Wildman–Crippen MR) is 106 cm³/mol. The van der Waals surface area contributed by atoms with Gasteiger partial charge >= 0.3 is 0 Å². The van der Waals surface area contributed by atoms with Gasteiger partial charge in [0.25, 0.3) is 0 Å². The van der Waals surface area contributed by atoms with Crippen molar-refractivity contribution in [2.24, 2.45) is 5.73 Å². The lowest BCUT2D eigenvalue weighted by Gasteiger charge is -2.31. The molecule has 2 aromatic rings. The number of rotatable bonds is 5. The van der Waals surface area contributed by atoms with Crippen molar-refractivity contribution >= 4 is 35.8 Å². The van der Waals surface area contributed by atoms with E-state index in [1.165, 1.54) is 0 Å². The van der Waals surface area contributed by atoms with E-state index in [2.05, 4.69) is 5.32 Å². The van der Waals surface area contributed by atoms with Crippen molar-refractivity contribution < 1.29 is 14.3 Å². The summed E-state index contributed by atoms with van der Waals surface area (Å²) in [5.41, 5.74) is 6.11. The average molecular weight is 395 g/mol. The number of anilines is 1. The summed E-state index contributed by atoms with van der Waals surface area (Å²) in [6.45, 7) is 1.06. The molecule has 1 heterocycles. The molecule has 0 aromatic heterocycles. The highest BCUT2D eigenvalue weighted by atomic mass is 35.5. The predicted octanol–water partition coefficient (Wildman–Crippen LogP) is 3.71. The zero-order chi connectivity index (χ0) is 17.7. The van der Waals surface area contributed by atoms with E-state index >= 15 is 0 Å². The highest BCUT2D eigenvalue weighted by Crippen LogP contribution is 2.30. The summed E-state index contributed by atoms with van der Waals surface area (Å²) >= 11 is 1.65. The Kier molecular flexibility index (Phi) is 7.34. The molecule has 7 heteroatoms. The van der Waals surface area contributed by atoms with Crippen LogP contribution in [0.4, 0.5) is 5.69 Å². The first-order valence-corrected chi connectivity index (χ1v) is 9.01. The lowest BCUT2D eigenvalue weighted by atomic mass is 9.90. The Morgan fingerprint density at radius 1 is 1.08 bits per heavy atom. The van der Waals surface area contributed by atoms with E-state index in [4.69, 9.17) is 15.2 Å². The Morgan fingerprint density at radius 3 is 2.15 bits per heavy atom. The number of hydrogen-bond donors (Lipinski definition) is 2. The molecule has 3 N–H and O–H groups in total. The minimum absolute atomic E-state index is 0. The van der Waals surface area contributed by atoms with Gasteiger partial charge in [-0.1, -0.05) is 11.8 Å². The minimum atomic E-state index is -0.839. The fourth-order valence-electron chi connectivity index (χ4n) is 2.60. The second kappa shape index (κ2) is 9.28. The molecule has 26 heavy (non-hydrogen) atoms. The third-order valence-corrected chi connectivity index (χ3v) is 5.26. The first-order valence-electron chi connectivity index (χ1n) is 8.19. The molecule has 140 valence electrons. The lowest BCUT2D eigenvalue weighted by molar-refractivity contribution is -0.124. The van der Waals surface area contributed by atoms with Crippen molar-refractivity contribution in [1.29, 1.82) is 0 Å². The fraction of sp³-hybridized carbons (Fsp3) is 0.316. The Labute approximate surface area is 164 Å². The van der Waals surface area contributed by atoms with Gasteiger partial charge < -0.3 is 20.5 Å². The largest absolute Gasteiger partial charge is 0.497 e. The summed E-state index contributed by atoms with van der Waals surface area (Å²) in [6.07, 6.45) is 1.09. The fourth-order valence-corrected chi connectivity index (χ4v) is 3.42. The quantitative estimate of drug-likeness (QED) is 0.808. The van der Waals surface area contributed by atoms with Crippen molar-refractivity contribution in [1.82, 2.24) is 0 Å². The summed E-state index contributed by atoms with van der Waals surface area (Å²) in [6, 6.07) is 15.7. The third-order valence-electron chi connectivity index (χ3n) is 4.24. The van der Waals surface area contributed by atoms with E-state index in [1.807, 2.05) is 48.5 Å². The standard InChI is InChI=1S/C19H22N2O3S.ClH/c1-23-15-4-8-17(9-5-15)25-16-6-2-14(3-7-16)21-18(22)19(20)10-12-24-13-11-19;/h2-9H,10-13,20H2,1H3,(H,21,22);1H. The van der Waals surface area contributed by atoms with Crippen LogP contribution >= 0.6 is 24.2 Å². The Morgan fingerprint density at radius 2 is 1.62 bits per heavy atom. The molecule has 0 radical (unpaired) electrons. The molecular formula is C19H23ClN2O3S. The maximum absolute atomic E-state index is 12.4. The van der Waals surface area contributed by atoms with Gasteiger partial charge in [-0.25, -0.2) is 0 Å². The van der Waals surface area contributed by atoms with Crippen LogP contribution in [0.1, 0.15) is 12.8 Å². The van der Waals surface area contributed by atoms with Crippen LogP contribution < -0.4 is 15.8 Å². The molecule has 3 rings (SSSR count). The molecule has 0 unspecified atom stereocenters. The summed E-state index contributed by atoms with van der Waals surface area (Å²) in [5, 5.41) is 2.91. The van der Waals surface area contributed by atoms with Crippen LogP contribution in [0.3, 0.4) is 0 Å². The van der Waals surface area contributed by atoms with Gasteiger partial charge in [0, 0.05) is 28.7 Å². The van der Waals surface area contributed by atoms with E-state index in [0.29, 0.717) is 26.1 Å². The van der Waals surface area contributed by atoms with E-state index in [-0.39, 0.29) is 18.3 Å². The molecule has 1 aliphatic heterocycles. The molecule has 0 saturated carbocycles. The van der Waals surface area contributed by atoms with Crippen molar-refractivity contribution in [3.05, 3.63) is 48.5 Å². The third kappa shape index (κ3) is 5.14.